The third-order valence-corrected chi connectivity index (χ3v) is 4.32. The quantitative estimate of drug-likeness (QED) is 0.735. The van der Waals surface area contributed by atoms with Crippen LogP contribution in [-0.2, 0) is 4.79 Å². The van der Waals surface area contributed by atoms with Gasteiger partial charge in [-0.15, -0.1) is 0 Å². The smallest absolute Gasteiger partial charge is 0.310 e. The van der Waals surface area contributed by atoms with Gasteiger partial charge in [-0.05, 0) is 53.0 Å². The zero-order chi connectivity index (χ0) is 14.3. The molecule has 1 saturated carbocycles. The van der Waals surface area contributed by atoms with Crippen LogP contribution in [0.5, 0.6) is 0 Å². The minimum absolute atomic E-state index is 0.480. The molecule has 0 bridgehead atoms. The monoisotopic (exact) mass is 270 g/mol. The van der Waals surface area contributed by atoms with E-state index in [1.165, 1.54) is 6.42 Å². The Morgan fingerprint density at radius 1 is 1.16 bits per heavy atom. The van der Waals surface area contributed by atoms with Crippen molar-refractivity contribution in [1.82, 2.24) is 9.80 Å². The predicted octanol–water partition coefficient (Wildman–Crippen LogP) is 2.30. The fraction of sp³-hybridized carbons (Fsp3) is 0.933. The van der Waals surface area contributed by atoms with Crippen molar-refractivity contribution in [2.24, 2.45) is 5.41 Å². The van der Waals surface area contributed by atoms with Crippen LogP contribution >= 0.6 is 0 Å². The van der Waals surface area contributed by atoms with Crippen LogP contribution in [-0.4, -0.2) is 61.2 Å². The molecule has 0 heterocycles. The third kappa shape index (κ3) is 5.11. The molecule has 0 aromatic rings. The molecule has 0 aliphatic heterocycles. The number of carbonyl (C=O) groups is 1. The molecule has 1 rings (SSSR count). The molecule has 0 aromatic carbocycles. The van der Waals surface area contributed by atoms with E-state index in [0.717, 1.165) is 58.3 Å². The first-order valence-corrected chi connectivity index (χ1v) is 7.60. The standard InChI is InChI=1S/C15H30N2O2/c1-4-17(12-8-11-16(2)3)13-15(14(18)19)9-6-5-7-10-15/h4-13H2,1-3H3,(H,18,19). The zero-order valence-electron chi connectivity index (χ0n) is 12.8. The highest BCUT2D eigenvalue weighted by atomic mass is 16.4. The maximum Gasteiger partial charge on any atom is 0.310 e. The van der Waals surface area contributed by atoms with Gasteiger partial charge in [0.1, 0.15) is 0 Å². The summed E-state index contributed by atoms with van der Waals surface area (Å²) in [5, 5.41) is 9.61. The summed E-state index contributed by atoms with van der Waals surface area (Å²) in [5.41, 5.74) is -0.480. The van der Waals surface area contributed by atoms with Gasteiger partial charge in [-0.2, -0.15) is 0 Å². The molecule has 0 saturated heterocycles. The summed E-state index contributed by atoms with van der Waals surface area (Å²) in [4.78, 5) is 16.2. The molecule has 0 atom stereocenters. The van der Waals surface area contributed by atoms with E-state index in [9.17, 15) is 9.90 Å². The van der Waals surface area contributed by atoms with E-state index in [0.29, 0.717) is 0 Å². The highest BCUT2D eigenvalue weighted by Crippen LogP contribution is 2.37. The molecule has 1 N–H and O–H groups in total. The van der Waals surface area contributed by atoms with Gasteiger partial charge in [-0.25, -0.2) is 0 Å². The van der Waals surface area contributed by atoms with E-state index < -0.39 is 11.4 Å². The SMILES string of the molecule is CCN(CCCN(C)C)CC1(C(=O)O)CCCCC1. The fourth-order valence-electron chi connectivity index (χ4n) is 3.06. The second-order valence-electron chi connectivity index (χ2n) is 6.17. The molecule has 1 aliphatic rings. The summed E-state index contributed by atoms with van der Waals surface area (Å²) in [6, 6.07) is 0. The van der Waals surface area contributed by atoms with E-state index in [1.54, 1.807) is 0 Å². The number of rotatable bonds is 8. The van der Waals surface area contributed by atoms with Crippen molar-refractivity contribution in [1.29, 1.82) is 0 Å². The maximum absolute atomic E-state index is 11.7. The van der Waals surface area contributed by atoms with E-state index in [1.807, 2.05) is 0 Å². The fourth-order valence-corrected chi connectivity index (χ4v) is 3.06. The molecule has 4 heteroatoms. The minimum Gasteiger partial charge on any atom is -0.481 e. The molecule has 0 radical (unpaired) electrons. The third-order valence-electron chi connectivity index (χ3n) is 4.32. The Labute approximate surface area is 117 Å². The molecular weight excluding hydrogens is 240 g/mol. The minimum atomic E-state index is -0.585. The number of hydrogen-bond donors (Lipinski definition) is 1. The number of nitrogens with zero attached hydrogens (tertiary/aromatic N) is 2. The number of carboxylic acid groups (broad SMARTS) is 1. The van der Waals surface area contributed by atoms with Crippen LogP contribution < -0.4 is 0 Å². The number of hydrogen-bond acceptors (Lipinski definition) is 3. The maximum atomic E-state index is 11.7. The van der Waals surface area contributed by atoms with Gasteiger partial charge in [-0.3, -0.25) is 4.79 Å². The van der Waals surface area contributed by atoms with Gasteiger partial charge in [0.25, 0.3) is 0 Å². The summed E-state index contributed by atoms with van der Waals surface area (Å²) in [6.07, 6.45) is 6.15. The van der Waals surface area contributed by atoms with Gasteiger partial charge in [0.2, 0.25) is 0 Å². The summed E-state index contributed by atoms with van der Waals surface area (Å²) >= 11 is 0. The summed E-state index contributed by atoms with van der Waals surface area (Å²) in [7, 11) is 4.16. The van der Waals surface area contributed by atoms with Crippen molar-refractivity contribution >= 4 is 5.97 Å². The van der Waals surface area contributed by atoms with Gasteiger partial charge in [0.05, 0.1) is 5.41 Å². The van der Waals surface area contributed by atoms with Gasteiger partial charge in [0.15, 0.2) is 0 Å². The van der Waals surface area contributed by atoms with Crippen LogP contribution in [0.2, 0.25) is 0 Å². The van der Waals surface area contributed by atoms with Crippen molar-refractivity contribution in [2.45, 2.75) is 45.4 Å². The first-order chi connectivity index (χ1) is 9.00. The summed E-state index contributed by atoms with van der Waals surface area (Å²) in [6.45, 7) is 5.88. The van der Waals surface area contributed by atoms with Crippen LogP contribution in [0, 0.1) is 5.41 Å². The van der Waals surface area contributed by atoms with Gasteiger partial charge in [0, 0.05) is 6.54 Å². The summed E-state index contributed by atoms with van der Waals surface area (Å²) < 4.78 is 0. The van der Waals surface area contributed by atoms with Crippen molar-refractivity contribution in [2.75, 3.05) is 40.3 Å². The average Bonchev–Trinajstić information content (AvgIpc) is 2.38. The van der Waals surface area contributed by atoms with Crippen LogP contribution in [0.3, 0.4) is 0 Å². The molecule has 0 aromatic heterocycles. The lowest BCUT2D eigenvalue weighted by molar-refractivity contribution is -0.152. The molecule has 112 valence electrons. The predicted molar refractivity (Wildman–Crippen MR) is 78.4 cm³/mol. The molecule has 19 heavy (non-hydrogen) atoms. The largest absolute Gasteiger partial charge is 0.481 e. The van der Waals surface area contributed by atoms with Crippen LogP contribution in [0.15, 0.2) is 0 Å². The first kappa shape index (κ1) is 16.4. The second kappa shape index (κ2) is 7.85. The molecule has 0 amide bonds. The van der Waals surface area contributed by atoms with Gasteiger partial charge >= 0.3 is 5.97 Å². The Balaban J connectivity index is 2.52. The molecule has 0 unspecified atom stereocenters. The Morgan fingerprint density at radius 2 is 1.79 bits per heavy atom. The zero-order valence-corrected chi connectivity index (χ0v) is 12.8. The van der Waals surface area contributed by atoms with Crippen LogP contribution in [0.4, 0.5) is 0 Å². The van der Waals surface area contributed by atoms with Crippen molar-refractivity contribution in [3.8, 4) is 0 Å². The Kier molecular flexibility index (Phi) is 6.80. The van der Waals surface area contributed by atoms with Crippen molar-refractivity contribution in [3.63, 3.8) is 0 Å². The first-order valence-electron chi connectivity index (χ1n) is 7.60. The van der Waals surface area contributed by atoms with Crippen molar-refractivity contribution in [3.05, 3.63) is 0 Å². The van der Waals surface area contributed by atoms with Crippen LogP contribution in [0.1, 0.15) is 45.4 Å². The van der Waals surface area contributed by atoms with E-state index >= 15 is 0 Å². The van der Waals surface area contributed by atoms with Crippen LogP contribution in [0.25, 0.3) is 0 Å². The Hall–Kier alpha value is -0.610. The lowest BCUT2D eigenvalue weighted by Crippen LogP contribution is -2.45. The number of aliphatic carboxylic acids is 1. The van der Waals surface area contributed by atoms with Crippen molar-refractivity contribution < 1.29 is 9.90 Å². The Morgan fingerprint density at radius 3 is 2.26 bits per heavy atom. The molecule has 4 nitrogen and oxygen atoms in total. The molecular formula is C15H30N2O2. The van der Waals surface area contributed by atoms with E-state index in [2.05, 4.69) is 30.8 Å². The van der Waals surface area contributed by atoms with E-state index in [4.69, 9.17) is 0 Å². The van der Waals surface area contributed by atoms with Gasteiger partial charge in [-0.1, -0.05) is 26.2 Å². The highest BCUT2D eigenvalue weighted by Gasteiger charge is 2.40. The Bertz CT molecular complexity index is 273. The molecule has 1 aliphatic carbocycles. The van der Waals surface area contributed by atoms with E-state index in [-0.39, 0.29) is 0 Å². The average molecular weight is 270 g/mol. The molecule has 1 fully saturated rings. The lowest BCUT2D eigenvalue weighted by Gasteiger charge is -2.37. The molecule has 0 spiro atoms. The normalized spacial score (nSPS) is 19.0. The topological polar surface area (TPSA) is 43.8 Å². The lowest BCUT2D eigenvalue weighted by atomic mass is 9.73. The number of carboxylic acids is 1. The highest BCUT2D eigenvalue weighted by molar-refractivity contribution is 5.75. The van der Waals surface area contributed by atoms with Gasteiger partial charge < -0.3 is 14.9 Å². The summed E-state index contributed by atoms with van der Waals surface area (Å²) in [5.74, 6) is -0.585. The second-order valence-corrected chi connectivity index (χ2v) is 6.17.